The van der Waals surface area contributed by atoms with Gasteiger partial charge in [0.05, 0.1) is 29.0 Å². The van der Waals surface area contributed by atoms with E-state index in [1.54, 1.807) is 0 Å². The van der Waals surface area contributed by atoms with Crippen LogP contribution in [0.4, 0.5) is 0 Å². The molecule has 0 aliphatic rings. The van der Waals surface area contributed by atoms with Crippen LogP contribution in [0.5, 0.6) is 0 Å². The number of nitrogens with zero attached hydrogens (tertiary/aromatic N) is 2. The van der Waals surface area contributed by atoms with Crippen LogP contribution in [0.25, 0.3) is 87.8 Å². The fourth-order valence-corrected chi connectivity index (χ4v) is 7.45. The highest BCUT2D eigenvalue weighted by Crippen LogP contribution is 2.39. The van der Waals surface area contributed by atoms with Gasteiger partial charge in [-0.1, -0.05) is 115 Å². The van der Waals surface area contributed by atoms with Crippen LogP contribution in [0.2, 0.25) is 0 Å². The first-order valence-electron chi connectivity index (χ1n) is 16.4. The van der Waals surface area contributed by atoms with E-state index >= 15 is 0 Å². The number of hydrogen-bond donors (Lipinski definition) is 1. The summed E-state index contributed by atoms with van der Waals surface area (Å²) in [6, 6.07) is 49.5. The fourth-order valence-electron chi connectivity index (χ4n) is 7.45. The molecule has 3 nitrogen and oxygen atoms in total. The Morgan fingerprint density at radius 2 is 0.917 bits per heavy atom. The van der Waals surface area contributed by atoms with E-state index in [1.165, 1.54) is 54.6 Å². The lowest BCUT2D eigenvalue weighted by atomic mass is 9.89. The van der Waals surface area contributed by atoms with Gasteiger partial charge in [0.1, 0.15) is 0 Å². The minimum Gasteiger partial charge on any atom is -0.392 e. The van der Waals surface area contributed by atoms with Crippen molar-refractivity contribution in [3.8, 4) is 33.6 Å². The Hall–Kier alpha value is -5.90. The molecule has 1 N–H and O–H groups in total. The minimum absolute atomic E-state index is 0.0326. The Kier molecular flexibility index (Phi) is 6.56. The van der Waals surface area contributed by atoms with Gasteiger partial charge in [0.15, 0.2) is 0 Å². The van der Waals surface area contributed by atoms with Gasteiger partial charge in [-0.25, -0.2) is 9.97 Å². The maximum Gasteiger partial charge on any atom is 0.0972 e. The summed E-state index contributed by atoms with van der Waals surface area (Å²) < 4.78 is 0. The summed E-state index contributed by atoms with van der Waals surface area (Å²) in [5.41, 5.74) is 11.3. The molecule has 2 aromatic heterocycles. The number of aryl methyl sites for hydroxylation is 2. The van der Waals surface area contributed by atoms with Crippen LogP contribution in [0.15, 0.2) is 140 Å². The third kappa shape index (κ3) is 4.47. The lowest BCUT2D eigenvalue weighted by Crippen LogP contribution is -1.95. The van der Waals surface area contributed by atoms with Crippen LogP contribution in [0.3, 0.4) is 0 Å². The van der Waals surface area contributed by atoms with Crippen LogP contribution in [-0.2, 0) is 6.61 Å². The van der Waals surface area contributed by atoms with E-state index in [1.807, 2.05) is 30.3 Å². The Morgan fingerprint density at radius 3 is 1.54 bits per heavy atom. The molecular formula is C45H32N2O. The highest BCUT2D eigenvalue weighted by Gasteiger charge is 2.15. The van der Waals surface area contributed by atoms with E-state index in [9.17, 15) is 5.11 Å². The molecule has 0 saturated heterocycles. The molecule has 2 heterocycles. The molecule has 0 aliphatic carbocycles. The van der Waals surface area contributed by atoms with E-state index in [-0.39, 0.29) is 6.61 Å². The van der Waals surface area contributed by atoms with Crippen molar-refractivity contribution in [2.45, 2.75) is 20.5 Å². The fraction of sp³-hybridized carbons (Fsp3) is 0.0667. The predicted octanol–water partition coefficient (Wildman–Crippen LogP) is 11.4. The quantitative estimate of drug-likeness (QED) is 0.200. The molecule has 0 fully saturated rings. The predicted molar refractivity (Wildman–Crippen MR) is 201 cm³/mol. The van der Waals surface area contributed by atoms with E-state index in [0.717, 1.165) is 49.9 Å². The summed E-state index contributed by atoms with van der Waals surface area (Å²) in [7, 11) is 0. The monoisotopic (exact) mass is 616 g/mol. The molecule has 9 aromatic rings. The first kappa shape index (κ1) is 28.3. The second kappa shape index (κ2) is 11.1. The number of aliphatic hydroxyl groups excluding tert-OH is 1. The first-order chi connectivity index (χ1) is 23.6. The smallest absolute Gasteiger partial charge is 0.0972 e. The molecule has 0 radical (unpaired) electrons. The van der Waals surface area contributed by atoms with Crippen molar-refractivity contribution < 1.29 is 5.11 Å². The van der Waals surface area contributed by atoms with Crippen molar-refractivity contribution in [2.24, 2.45) is 0 Å². The number of benzene rings is 7. The third-order valence-corrected chi connectivity index (χ3v) is 9.89. The van der Waals surface area contributed by atoms with Gasteiger partial charge < -0.3 is 5.11 Å². The van der Waals surface area contributed by atoms with Crippen molar-refractivity contribution in [1.82, 2.24) is 9.97 Å². The average Bonchev–Trinajstić information content (AvgIpc) is 3.15. The molecule has 0 bridgehead atoms. The average molecular weight is 617 g/mol. The van der Waals surface area contributed by atoms with Crippen LogP contribution in [0.1, 0.15) is 16.7 Å². The van der Waals surface area contributed by atoms with Gasteiger partial charge in [0.2, 0.25) is 0 Å². The van der Waals surface area contributed by atoms with Crippen molar-refractivity contribution in [1.29, 1.82) is 0 Å². The normalized spacial score (nSPS) is 11.7. The number of pyridine rings is 2. The molecule has 7 aromatic carbocycles. The maximum absolute atomic E-state index is 9.95. The van der Waals surface area contributed by atoms with Crippen molar-refractivity contribution in [3.05, 3.63) is 156 Å². The van der Waals surface area contributed by atoms with Gasteiger partial charge in [-0.3, -0.25) is 0 Å². The largest absolute Gasteiger partial charge is 0.392 e. The Labute approximate surface area is 278 Å². The lowest BCUT2D eigenvalue weighted by Gasteiger charge is -2.15. The van der Waals surface area contributed by atoms with Gasteiger partial charge >= 0.3 is 0 Å². The van der Waals surface area contributed by atoms with Crippen LogP contribution < -0.4 is 0 Å². The highest BCUT2D eigenvalue weighted by atomic mass is 16.3. The number of aliphatic hydroxyl groups is 1. The van der Waals surface area contributed by atoms with Crippen LogP contribution in [0, 0.1) is 13.8 Å². The molecule has 9 rings (SSSR count). The molecule has 0 atom stereocenters. The summed E-state index contributed by atoms with van der Waals surface area (Å²) in [4.78, 5) is 10.3. The summed E-state index contributed by atoms with van der Waals surface area (Å²) >= 11 is 0. The Bertz CT molecular complexity index is 2710. The second-order valence-electron chi connectivity index (χ2n) is 12.8. The number of hydrogen-bond acceptors (Lipinski definition) is 3. The summed E-state index contributed by atoms with van der Waals surface area (Å²) in [6.07, 6.45) is 0. The molecule has 0 unspecified atom stereocenters. The zero-order valence-corrected chi connectivity index (χ0v) is 26.8. The van der Waals surface area contributed by atoms with Crippen LogP contribution >= 0.6 is 0 Å². The van der Waals surface area contributed by atoms with Gasteiger partial charge in [0, 0.05) is 21.9 Å². The SMILES string of the molecule is Cc1cc(-c2ccc3ccc4ccc(-c5ccccc5CO)nc4c3n2)c(C)cc1-c1ccc2c3ccccc3c3ccccc3c2c1. The maximum atomic E-state index is 9.95. The standard InChI is InChI=1S/C45H32N2O/c1-27-24-40(43-22-19-30-16-15-29-18-21-42(46-44(29)45(30)47-43)33-10-4-3-9-32(33)26-48)28(2)23-39(27)31-17-20-38-36-13-6-5-11-34(36)35-12-7-8-14-37(35)41(38)25-31/h3-25,48H,26H2,1-2H3. The van der Waals surface area contributed by atoms with E-state index in [2.05, 4.69) is 123 Å². The van der Waals surface area contributed by atoms with Gasteiger partial charge in [-0.05, 0) is 98.2 Å². The highest BCUT2D eigenvalue weighted by molar-refractivity contribution is 6.25. The summed E-state index contributed by atoms with van der Waals surface area (Å²) in [5.74, 6) is 0. The molecule has 0 amide bonds. The van der Waals surface area contributed by atoms with E-state index in [4.69, 9.17) is 9.97 Å². The molecule has 0 saturated carbocycles. The topological polar surface area (TPSA) is 46.0 Å². The van der Waals surface area contributed by atoms with Gasteiger partial charge in [0.25, 0.3) is 0 Å². The van der Waals surface area contributed by atoms with Crippen molar-refractivity contribution >= 4 is 54.1 Å². The summed E-state index contributed by atoms with van der Waals surface area (Å²) in [6.45, 7) is 4.35. The van der Waals surface area contributed by atoms with Crippen molar-refractivity contribution in [3.63, 3.8) is 0 Å². The second-order valence-corrected chi connectivity index (χ2v) is 12.8. The minimum atomic E-state index is -0.0326. The van der Waals surface area contributed by atoms with Crippen molar-refractivity contribution in [2.75, 3.05) is 0 Å². The molecule has 228 valence electrons. The molecule has 3 heteroatoms. The number of aromatic nitrogens is 2. The number of rotatable bonds is 4. The molecular weight excluding hydrogens is 585 g/mol. The molecule has 0 spiro atoms. The molecule has 48 heavy (non-hydrogen) atoms. The lowest BCUT2D eigenvalue weighted by molar-refractivity contribution is 0.282. The van der Waals surface area contributed by atoms with E-state index in [0.29, 0.717) is 0 Å². The number of fused-ring (bicyclic) bond motifs is 9. The zero-order chi connectivity index (χ0) is 32.4. The Morgan fingerprint density at radius 1 is 0.438 bits per heavy atom. The summed E-state index contributed by atoms with van der Waals surface area (Å²) in [5, 5.41) is 19.7. The zero-order valence-electron chi connectivity index (χ0n) is 26.8. The Balaban J connectivity index is 1.17. The van der Waals surface area contributed by atoms with E-state index < -0.39 is 0 Å². The van der Waals surface area contributed by atoms with Crippen LogP contribution in [-0.4, -0.2) is 15.1 Å². The van der Waals surface area contributed by atoms with Gasteiger partial charge in [-0.15, -0.1) is 0 Å². The van der Waals surface area contributed by atoms with Gasteiger partial charge in [-0.2, -0.15) is 0 Å². The molecule has 0 aliphatic heterocycles. The third-order valence-electron chi connectivity index (χ3n) is 9.89. The first-order valence-corrected chi connectivity index (χ1v) is 16.4.